The number of carbonyl (C=O) groups excluding carboxylic acids is 1. The fourth-order valence-corrected chi connectivity index (χ4v) is 3.57. The van der Waals surface area contributed by atoms with Gasteiger partial charge in [0, 0.05) is 19.1 Å². The minimum atomic E-state index is -0.177. The Bertz CT molecular complexity index is 310. The Kier molecular flexibility index (Phi) is 4.00. The smallest absolute Gasteiger partial charge is 0.230 e. The highest BCUT2D eigenvalue weighted by atomic mass is 16.2. The van der Waals surface area contributed by atoms with E-state index < -0.39 is 0 Å². The monoisotopic (exact) mass is 252 g/mol. The Morgan fingerprint density at radius 3 is 2.67 bits per heavy atom. The maximum atomic E-state index is 12.9. The minimum Gasteiger partial charge on any atom is -0.339 e. The lowest BCUT2D eigenvalue weighted by Crippen LogP contribution is -2.56. The van der Waals surface area contributed by atoms with Crippen molar-refractivity contribution in [2.45, 2.75) is 53.0 Å². The fraction of sp³-hybridized carbons (Fsp3) is 0.933. The van der Waals surface area contributed by atoms with Crippen molar-refractivity contribution in [3.63, 3.8) is 0 Å². The second-order valence-corrected chi connectivity index (χ2v) is 6.86. The molecular formula is C15H28N2O. The average Bonchev–Trinajstić information content (AvgIpc) is 2.34. The van der Waals surface area contributed by atoms with Gasteiger partial charge in [-0.1, -0.05) is 13.8 Å². The lowest BCUT2D eigenvalue weighted by molar-refractivity contribution is -0.148. The van der Waals surface area contributed by atoms with Crippen LogP contribution < -0.4 is 5.32 Å². The molecule has 1 N–H and O–H groups in total. The lowest BCUT2D eigenvalue weighted by atomic mass is 9.78. The summed E-state index contributed by atoms with van der Waals surface area (Å²) in [5.74, 6) is 1.64. The lowest BCUT2D eigenvalue weighted by Gasteiger charge is -2.46. The molecule has 2 saturated heterocycles. The maximum Gasteiger partial charge on any atom is 0.230 e. The van der Waals surface area contributed by atoms with Crippen LogP contribution in [0.2, 0.25) is 0 Å². The van der Waals surface area contributed by atoms with E-state index in [4.69, 9.17) is 0 Å². The highest BCUT2D eigenvalue weighted by Crippen LogP contribution is 2.34. The van der Waals surface area contributed by atoms with Gasteiger partial charge in [-0.3, -0.25) is 4.79 Å². The minimum absolute atomic E-state index is 0.177. The van der Waals surface area contributed by atoms with Crippen molar-refractivity contribution in [3.05, 3.63) is 0 Å². The van der Waals surface area contributed by atoms with E-state index >= 15 is 0 Å². The molecule has 0 spiro atoms. The Hall–Kier alpha value is -0.570. The van der Waals surface area contributed by atoms with Crippen LogP contribution in [0.5, 0.6) is 0 Å². The molecule has 1 amide bonds. The van der Waals surface area contributed by atoms with Crippen LogP contribution in [0.15, 0.2) is 0 Å². The van der Waals surface area contributed by atoms with E-state index in [9.17, 15) is 4.79 Å². The van der Waals surface area contributed by atoms with Crippen molar-refractivity contribution in [2.24, 2.45) is 17.3 Å². The molecule has 0 aromatic rings. The highest BCUT2D eigenvalue weighted by molar-refractivity contribution is 5.83. The number of nitrogens with one attached hydrogen (secondary N) is 1. The van der Waals surface area contributed by atoms with Gasteiger partial charge < -0.3 is 10.2 Å². The predicted molar refractivity (Wildman–Crippen MR) is 74.3 cm³/mol. The largest absolute Gasteiger partial charge is 0.339 e. The van der Waals surface area contributed by atoms with Crippen molar-refractivity contribution in [2.75, 3.05) is 19.6 Å². The average molecular weight is 252 g/mol. The van der Waals surface area contributed by atoms with Crippen molar-refractivity contribution in [1.29, 1.82) is 0 Å². The van der Waals surface area contributed by atoms with Gasteiger partial charge in [0.1, 0.15) is 0 Å². The molecule has 0 aromatic carbocycles. The molecule has 4 atom stereocenters. The molecule has 104 valence electrons. The van der Waals surface area contributed by atoms with Crippen molar-refractivity contribution < 1.29 is 4.79 Å². The van der Waals surface area contributed by atoms with Crippen LogP contribution in [-0.4, -0.2) is 36.5 Å². The van der Waals surface area contributed by atoms with E-state index in [2.05, 4.69) is 37.9 Å². The molecule has 0 bridgehead atoms. The molecule has 0 aliphatic carbocycles. The van der Waals surface area contributed by atoms with Gasteiger partial charge in [0.25, 0.3) is 0 Å². The van der Waals surface area contributed by atoms with Crippen molar-refractivity contribution in [1.82, 2.24) is 10.2 Å². The van der Waals surface area contributed by atoms with Crippen LogP contribution >= 0.6 is 0 Å². The summed E-state index contributed by atoms with van der Waals surface area (Å²) in [6.07, 6.45) is 3.40. The number of carbonyl (C=O) groups is 1. The maximum absolute atomic E-state index is 12.9. The molecule has 18 heavy (non-hydrogen) atoms. The Labute approximate surface area is 111 Å². The van der Waals surface area contributed by atoms with Gasteiger partial charge in [0.2, 0.25) is 5.91 Å². The Balaban J connectivity index is 2.11. The summed E-state index contributed by atoms with van der Waals surface area (Å²) in [6, 6.07) is 0.396. The molecule has 2 fully saturated rings. The zero-order chi connectivity index (χ0) is 13.3. The highest BCUT2D eigenvalue weighted by Gasteiger charge is 2.42. The summed E-state index contributed by atoms with van der Waals surface area (Å²) in [5.41, 5.74) is -0.177. The summed E-state index contributed by atoms with van der Waals surface area (Å²) in [5, 5.41) is 3.39. The number of rotatable bonds is 1. The molecule has 0 saturated carbocycles. The van der Waals surface area contributed by atoms with E-state index in [-0.39, 0.29) is 5.41 Å². The molecule has 4 unspecified atom stereocenters. The Morgan fingerprint density at radius 2 is 2.06 bits per heavy atom. The third-order valence-corrected chi connectivity index (χ3v) is 4.97. The summed E-state index contributed by atoms with van der Waals surface area (Å²) in [7, 11) is 0. The first-order chi connectivity index (χ1) is 8.44. The number of hydrogen-bond donors (Lipinski definition) is 1. The summed E-state index contributed by atoms with van der Waals surface area (Å²) in [6.45, 7) is 11.8. The zero-order valence-electron chi connectivity index (χ0n) is 12.3. The van der Waals surface area contributed by atoms with Gasteiger partial charge in [0.15, 0.2) is 0 Å². The number of nitrogens with zero attached hydrogens (tertiary/aromatic N) is 1. The summed E-state index contributed by atoms with van der Waals surface area (Å²) < 4.78 is 0. The van der Waals surface area contributed by atoms with Crippen LogP contribution in [0.3, 0.4) is 0 Å². The molecular weight excluding hydrogens is 224 g/mol. The van der Waals surface area contributed by atoms with Gasteiger partial charge >= 0.3 is 0 Å². The third kappa shape index (κ3) is 2.56. The van der Waals surface area contributed by atoms with E-state index in [0.717, 1.165) is 32.5 Å². The number of hydrogen-bond acceptors (Lipinski definition) is 2. The van der Waals surface area contributed by atoms with Gasteiger partial charge in [-0.25, -0.2) is 0 Å². The van der Waals surface area contributed by atoms with Gasteiger partial charge in [-0.2, -0.15) is 0 Å². The zero-order valence-corrected chi connectivity index (χ0v) is 12.3. The van der Waals surface area contributed by atoms with E-state index in [1.54, 1.807) is 0 Å². The van der Waals surface area contributed by atoms with Crippen molar-refractivity contribution >= 4 is 5.91 Å². The first-order valence-corrected chi connectivity index (χ1v) is 7.46. The van der Waals surface area contributed by atoms with E-state index in [0.29, 0.717) is 23.8 Å². The van der Waals surface area contributed by atoms with Crippen LogP contribution in [0, 0.1) is 17.3 Å². The SMILES string of the molecule is CC1CC(C)C(C)N(C(=O)C2(C)CCCNC2)C1. The molecule has 3 heteroatoms. The van der Waals surface area contributed by atoms with Crippen LogP contribution in [0.1, 0.15) is 47.0 Å². The predicted octanol–water partition coefficient (Wildman–Crippen LogP) is 2.27. The third-order valence-electron chi connectivity index (χ3n) is 4.97. The van der Waals surface area contributed by atoms with Gasteiger partial charge in [-0.15, -0.1) is 0 Å². The van der Waals surface area contributed by atoms with Gasteiger partial charge in [-0.05, 0) is 51.5 Å². The number of amides is 1. The molecule has 2 heterocycles. The van der Waals surface area contributed by atoms with Crippen LogP contribution in [-0.2, 0) is 4.79 Å². The number of piperidine rings is 2. The second-order valence-electron chi connectivity index (χ2n) is 6.86. The quantitative estimate of drug-likeness (QED) is 0.776. The van der Waals surface area contributed by atoms with E-state index in [1.807, 2.05) is 0 Å². The van der Waals surface area contributed by atoms with Gasteiger partial charge in [0.05, 0.1) is 5.41 Å². The molecule has 2 aliphatic heterocycles. The molecule has 0 radical (unpaired) electrons. The summed E-state index contributed by atoms with van der Waals surface area (Å²) >= 11 is 0. The van der Waals surface area contributed by atoms with Crippen LogP contribution in [0.4, 0.5) is 0 Å². The van der Waals surface area contributed by atoms with Crippen molar-refractivity contribution in [3.8, 4) is 0 Å². The summed E-state index contributed by atoms with van der Waals surface area (Å²) in [4.78, 5) is 15.0. The molecule has 2 rings (SSSR count). The van der Waals surface area contributed by atoms with E-state index in [1.165, 1.54) is 6.42 Å². The molecule has 2 aliphatic rings. The number of likely N-dealkylation sites (tertiary alicyclic amines) is 1. The first kappa shape index (κ1) is 13.9. The molecule has 0 aromatic heterocycles. The topological polar surface area (TPSA) is 32.3 Å². The second kappa shape index (κ2) is 5.20. The normalized spacial score (nSPS) is 41.8. The molecule has 3 nitrogen and oxygen atoms in total. The first-order valence-electron chi connectivity index (χ1n) is 7.46. The Morgan fingerprint density at radius 1 is 1.33 bits per heavy atom. The van der Waals surface area contributed by atoms with Crippen LogP contribution in [0.25, 0.3) is 0 Å². The fourth-order valence-electron chi connectivity index (χ4n) is 3.57. The standard InChI is InChI=1S/C15H28N2O/c1-11-8-12(2)13(3)17(9-11)14(18)15(4)6-5-7-16-10-15/h11-13,16H,5-10H2,1-4H3.